The number of carbonyl (C=O) groups excluding carboxylic acids is 6. The molecular weight excluding hydrogens is 909 g/mol. The minimum atomic E-state index is -0.922. The summed E-state index contributed by atoms with van der Waals surface area (Å²) in [6.45, 7) is 0. The van der Waals surface area contributed by atoms with Crippen molar-refractivity contribution >= 4 is 58.3 Å². The highest BCUT2D eigenvalue weighted by atomic mass is 16.6. The number of rotatable bonds is 10. The first-order valence-electron chi connectivity index (χ1n) is 21.7. The molecule has 16 nitrogen and oxygen atoms in total. The number of hydrogen-bond donors (Lipinski definition) is 0. The predicted molar refractivity (Wildman–Crippen MR) is 255 cm³/mol. The highest BCUT2D eigenvalue weighted by molar-refractivity contribution is 6.35. The van der Waals surface area contributed by atoms with Gasteiger partial charge in [0, 0.05) is 24.3 Å². The predicted octanol–water partition coefficient (Wildman–Crippen LogP) is 9.91. The maximum Gasteiger partial charge on any atom is 0.343 e. The van der Waals surface area contributed by atoms with E-state index in [9.17, 15) is 49.0 Å². The van der Waals surface area contributed by atoms with Crippen LogP contribution in [0.25, 0.3) is 11.1 Å². The molecule has 0 aromatic heterocycles. The summed E-state index contributed by atoms with van der Waals surface area (Å²) in [7, 11) is 0. The number of nitro groups is 2. The lowest BCUT2D eigenvalue weighted by molar-refractivity contribution is -0.385. The molecule has 8 aromatic carbocycles. The summed E-state index contributed by atoms with van der Waals surface area (Å²) >= 11 is 0. The standard InChI is InChI=1S/C55H30N4O12/c60-49-43-25-15-31(27-45(43)51(62)56(49)35-7-5-9-37(29-35)58(66)67)53(64)70-39-21-17-33(18-22-39)55(47-13-3-1-11-41(47)42-12-2-4-14-48(42)55)34-19-23-40(24-20-34)71-54(65)32-16-26-44-46(28-32)52(63)57(50(44)61)36-8-6-10-38(30-36)59(68)69/h1-30H. The summed E-state index contributed by atoms with van der Waals surface area (Å²) in [6.07, 6.45) is 0. The highest BCUT2D eigenvalue weighted by Gasteiger charge is 2.46. The van der Waals surface area contributed by atoms with Crippen LogP contribution in [0, 0.1) is 20.2 Å². The van der Waals surface area contributed by atoms with Gasteiger partial charge in [0.05, 0.1) is 60.0 Å². The van der Waals surface area contributed by atoms with E-state index in [2.05, 4.69) is 0 Å². The van der Waals surface area contributed by atoms with Crippen LogP contribution in [0.5, 0.6) is 11.5 Å². The molecule has 0 saturated carbocycles. The van der Waals surface area contributed by atoms with E-state index in [1.54, 1.807) is 24.3 Å². The van der Waals surface area contributed by atoms with Crippen molar-refractivity contribution in [2.45, 2.75) is 5.41 Å². The third-order valence-electron chi connectivity index (χ3n) is 12.8. The van der Waals surface area contributed by atoms with Crippen molar-refractivity contribution in [1.29, 1.82) is 0 Å². The van der Waals surface area contributed by atoms with E-state index in [0.717, 1.165) is 55.3 Å². The average Bonchev–Trinajstić information content (AvgIpc) is 3.94. The minimum absolute atomic E-state index is 0.00434. The van der Waals surface area contributed by atoms with Crippen molar-refractivity contribution in [1.82, 2.24) is 0 Å². The molecule has 0 saturated heterocycles. The van der Waals surface area contributed by atoms with E-state index in [1.165, 1.54) is 72.8 Å². The third kappa shape index (κ3) is 6.92. The van der Waals surface area contributed by atoms with E-state index < -0.39 is 50.8 Å². The SMILES string of the molecule is O=C(Oc1ccc(C2(c3ccc(OC(=O)c4ccc5c(c4)C(=O)N(c4cccc([N+](=O)[O-])c4)C5=O)cc3)c3ccccc3-c3ccccc32)cc1)c1ccc2c(c1)C(=O)N(c1cccc([N+](=O)[O-])c1)C2=O. The van der Waals surface area contributed by atoms with Gasteiger partial charge in [-0.1, -0.05) is 84.9 Å². The molecule has 11 rings (SSSR count). The lowest BCUT2D eigenvalue weighted by Crippen LogP contribution is -2.29. The van der Waals surface area contributed by atoms with Crippen LogP contribution < -0.4 is 19.3 Å². The molecule has 0 radical (unpaired) electrons. The Hall–Kier alpha value is -10.2. The van der Waals surface area contributed by atoms with E-state index >= 15 is 0 Å². The van der Waals surface area contributed by atoms with Crippen molar-refractivity contribution in [3.05, 3.63) is 258 Å². The first kappa shape index (κ1) is 43.4. The van der Waals surface area contributed by atoms with Gasteiger partial charge in [0.15, 0.2) is 0 Å². The molecule has 3 aliphatic rings. The van der Waals surface area contributed by atoms with Crippen LogP contribution in [0.15, 0.2) is 182 Å². The van der Waals surface area contributed by atoms with Crippen LogP contribution in [0.2, 0.25) is 0 Å². The van der Waals surface area contributed by atoms with Gasteiger partial charge in [-0.3, -0.25) is 39.4 Å². The fraction of sp³-hybridized carbons (Fsp3) is 0.0182. The molecule has 342 valence electrons. The molecule has 0 bridgehead atoms. The number of benzene rings is 8. The second-order valence-electron chi connectivity index (χ2n) is 16.6. The van der Waals surface area contributed by atoms with Crippen molar-refractivity contribution in [3.63, 3.8) is 0 Å². The lowest BCUT2D eigenvalue weighted by Gasteiger charge is -2.34. The topological polar surface area (TPSA) is 214 Å². The molecule has 1 aliphatic carbocycles. The number of nitrogens with zero attached hydrogens (tertiary/aromatic N) is 4. The Labute approximate surface area is 400 Å². The van der Waals surface area contributed by atoms with E-state index in [-0.39, 0.29) is 67.6 Å². The number of fused-ring (bicyclic) bond motifs is 5. The molecule has 0 spiro atoms. The number of nitro benzene ring substituents is 2. The fourth-order valence-electron chi connectivity index (χ4n) is 9.60. The van der Waals surface area contributed by atoms with Gasteiger partial charge in [-0.15, -0.1) is 0 Å². The number of anilines is 2. The Bertz CT molecular complexity index is 3460. The molecule has 2 aliphatic heterocycles. The van der Waals surface area contributed by atoms with E-state index in [1.807, 2.05) is 72.8 Å². The van der Waals surface area contributed by atoms with Crippen LogP contribution in [-0.2, 0) is 5.41 Å². The monoisotopic (exact) mass is 938 g/mol. The van der Waals surface area contributed by atoms with Gasteiger partial charge in [-0.2, -0.15) is 0 Å². The lowest BCUT2D eigenvalue weighted by atomic mass is 9.68. The zero-order valence-corrected chi connectivity index (χ0v) is 36.5. The van der Waals surface area contributed by atoms with Crippen LogP contribution in [0.4, 0.5) is 22.7 Å². The molecule has 16 heteroatoms. The third-order valence-corrected chi connectivity index (χ3v) is 12.8. The average molecular weight is 939 g/mol. The Morgan fingerprint density at radius 2 is 0.789 bits per heavy atom. The van der Waals surface area contributed by atoms with E-state index in [0.29, 0.717) is 0 Å². The Kier molecular flexibility index (Phi) is 10.1. The summed E-state index contributed by atoms with van der Waals surface area (Å²) in [5.74, 6) is -4.09. The zero-order valence-electron chi connectivity index (χ0n) is 36.5. The Morgan fingerprint density at radius 3 is 1.18 bits per heavy atom. The number of ether oxygens (including phenoxy) is 2. The van der Waals surface area contributed by atoms with Crippen LogP contribution in [0.1, 0.15) is 84.4 Å². The molecule has 71 heavy (non-hydrogen) atoms. The normalized spacial score (nSPS) is 13.9. The summed E-state index contributed by atoms with van der Waals surface area (Å²) in [4.78, 5) is 104. The number of non-ortho nitro benzene ring substituents is 2. The molecule has 0 unspecified atom stereocenters. The molecule has 8 aromatic rings. The fourth-order valence-corrected chi connectivity index (χ4v) is 9.60. The van der Waals surface area contributed by atoms with Gasteiger partial charge < -0.3 is 9.47 Å². The summed E-state index contributed by atoms with van der Waals surface area (Å²) in [5.41, 5.74) is 3.97. The van der Waals surface area contributed by atoms with Crippen LogP contribution >= 0.6 is 0 Å². The number of esters is 2. The second kappa shape index (κ2) is 16.5. The maximum absolute atomic E-state index is 13.6. The number of amides is 4. The van der Waals surface area contributed by atoms with Gasteiger partial charge in [-0.25, -0.2) is 19.4 Å². The van der Waals surface area contributed by atoms with Crippen molar-refractivity contribution in [2.24, 2.45) is 0 Å². The number of carbonyl (C=O) groups is 6. The Morgan fingerprint density at radius 1 is 0.408 bits per heavy atom. The maximum atomic E-state index is 13.6. The summed E-state index contributed by atoms with van der Waals surface area (Å²) < 4.78 is 11.6. The van der Waals surface area contributed by atoms with Crippen molar-refractivity contribution < 1.29 is 48.1 Å². The molecular formula is C55H30N4O12. The quantitative estimate of drug-likeness (QED) is 0.0412. The van der Waals surface area contributed by atoms with Gasteiger partial charge in [0.25, 0.3) is 35.0 Å². The second-order valence-corrected chi connectivity index (χ2v) is 16.6. The minimum Gasteiger partial charge on any atom is -0.423 e. The summed E-state index contributed by atoms with van der Waals surface area (Å²) in [5, 5.41) is 22.7. The van der Waals surface area contributed by atoms with Crippen LogP contribution in [-0.4, -0.2) is 45.4 Å². The zero-order chi connectivity index (χ0) is 49.3. The van der Waals surface area contributed by atoms with Gasteiger partial charge >= 0.3 is 11.9 Å². The summed E-state index contributed by atoms with van der Waals surface area (Å²) in [6, 6.07) is 48.2. The first-order chi connectivity index (χ1) is 34.3. The first-order valence-corrected chi connectivity index (χ1v) is 21.7. The molecule has 0 atom stereocenters. The molecule has 4 amide bonds. The largest absolute Gasteiger partial charge is 0.423 e. The van der Waals surface area contributed by atoms with Gasteiger partial charge in [-0.05, 0) is 106 Å². The van der Waals surface area contributed by atoms with Gasteiger partial charge in [0.1, 0.15) is 11.5 Å². The Balaban J connectivity index is 0.862. The van der Waals surface area contributed by atoms with Crippen LogP contribution in [0.3, 0.4) is 0 Å². The molecule has 0 N–H and O–H groups in total. The number of hydrogen-bond acceptors (Lipinski definition) is 12. The molecule has 2 heterocycles. The van der Waals surface area contributed by atoms with E-state index in [4.69, 9.17) is 9.47 Å². The number of imide groups is 2. The molecule has 0 fully saturated rings. The van der Waals surface area contributed by atoms with Crippen molar-refractivity contribution in [2.75, 3.05) is 9.80 Å². The van der Waals surface area contributed by atoms with Gasteiger partial charge in [0.2, 0.25) is 0 Å². The highest BCUT2D eigenvalue weighted by Crippen LogP contribution is 2.56. The van der Waals surface area contributed by atoms with Crippen molar-refractivity contribution in [3.8, 4) is 22.6 Å². The smallest absolute Gasteiger partial charge is 0.343 e.